The highest BCUT2D eigenvalue weighted by molar-refractivity contribution is 7.89. The first kappa shape index (κ1) is 15.4. The number of carbonyl (C=O) groups is 1. The van der Waals surface area contributed by atoms with Gasteiger partial charge in [0.05, 0.1) is 17.3 Å². The molecule has 1 amide bonds. The maximum Gasteiger partial charge on any atom is 0.247 e. The fraction of sp³-hybridized carbons (Fsp3) is 0.364. The van der Waals surface area contributed by atoms with Gasteiger partial charge >= 0.3 is 0 Å². The second-order valence-corrected chi connectivity index (χ2v) is 7.07. The lowest BCUT2D eigenvalue weighted by molar-refractivity contribution is -0.120. The van der Waals surface area contributed by atoms with E-state index in [-0.39, 0.29) is 39.6 Å². The van der Waals surface area contributed by atoms with E-state index < -0.39 is 10.0 Å². The third-order valence-electron chi connectivity index (χ3n) is 2.86. The Morgan fingerprint density at radius 1 is 1.30 bits per heavy atom. The summed E-state index contributed by atoms with van der Waals surface area (Å²) in [7, 11) is -3.94. The summed E-state index contributed by atoms with van der Waals surface area (Å²) in [6.45, 7) is 0.412. The number of hydrogen-bond acceptors (Lipinski definition) is 4. The number of anilines is 1. The Labute approximate surface area is 126 Å². The highest BCUT2D eigenvalue weighted by atomic mass is 35.5. The van der Waals surface area contributed by atoms with Gasteiger partial charge in [0.2, 0.25) is 15.9 Å². The minimum atomic E-state index is -3.94. The van der Waals surface area contributed by atoms with Crippen molar-refractivity contribution in [1.82, 2.24) is 9.62 Å². The number of nitrogens with one attached hydrogen (secondary N) is 1. The zero-order valence-electron chi connectivity index (χ0n) is 10.4. The van der Waals surface area contributed by atoms with E-state index in [9.17, 15) is 13.2 Å². The van der Waals surface area contributed by atoms with E-state index in [2.05, 4.69) is 5.32 Å². The molecule has 1 aliphatic heterocycles. The molecule has 0 unspecified atom stereocenters. The van der Waals surface area contributed by atoms with Gasteiger partial charge in [-0.3, -0.25) is 4.79 Å². The molecule has 1 aromatic rings. The number of halogens is 2. The molecule has 3 N–H and O–H groups in total. The Balaban J connectivity index is 2.47. The predicted molar refractivity (Wildman–Crippen MR) is 77.3 cm³/mol. The molecule has 0 radical (unpaired) electrons. The first-order valence-electron chi connectivity index (χ1n) is 5.84. The molecule has 110 valence electrons. The van der Waals surface area contributed by atoms with Crippen molar-refractivity contribution in [2.45, 2.75) is 11.3 Å². The van der Waals surface area contributed by atoms with Gasteiger partial charge in [-0.2, -0.15) is 4.31 Å². The summed E-state index contributed by atoms with van der Waals surface area (Å²) in [5, 5.41) is 2.80. The Kier molecular flexibility index (Phi) is 4.43. The number of nitrogen functional groups attached to an aromatic ring is 1. The highest BCUT2D eigenvalue weighted by Crippen LogP contribution is 2.33. The fourth-order valence-electron chi connectivity index (χ4n) is 1.97. The Hall–Kier alpha value is -1.02. The molecule has 20 heavy (non-hydrogen) atoms. The van der Waals surface area contributed by atoms with Crippen molar-refractivity contribution in [2.24, 2.45) is 0 Å². The van der Waals surface area contributed by atoms with Gasteiger partial charge < -0.3 is 11.1 Å². The van der Waals surface area contributed by atoms with Crippen molar-refractivity contribution in [1.29, 1.82) is 0 Å². The third kappa shape index (κ3) is 3.01. The quantitative estimate of drug-likeness (QED) is 0.790. The normalized spacial score (nSPS) is 17.6. The predicted octanol–water partition coefficient (Wildman–Crippen LogP) is 1.09. The van der Waals surface area contributed by atoms with E-state index >= 15 is 0 Å². The molecule has 1 saturated heterocycles. The summed E-state index contributed by atoms with van der Waals surface area (Å²) in [6, 6.07) is 2.63. The smallest absolute Gasteiger partial charge is 0.247 e. The van der Waals surface area contributed by atoms with E-state index in [0.29, 0.717) is 13.0 Å². The number of sulfonamides is 1. The van der Waals surface area contributed by atoms with E-state index in [4.69, 9.17) is 28.9 Å². The lowest BCUT2D eigenvalue weighted by Crippen LogP contribution is -2.37. The topological polar surface area (TPSA) is 92.5 Å². The van der Waals surface area contributed by atoms with E-state index in [1.54, 1.807) is 0 Å². The lowest BCUT2D eigenvalue weighted by atomic mass is 10.3. The number of amides is 1. The molecule has 0 aliphatic carbocycles. The molecule has 6 nitrogen and oxygen atoms in total. The molecule has 1 heterocycles. The molecule has 0 bridgehead atoms. The molecule has 1 fully saturated rings. The van der Waals surface area contributed by atoms with Crippen LogP contribution in [-0.2, 0) is 14.8 Å². The number of benzene rings is 1. The first-order valence-corrected chi connectivity index (χ1v) is 8.03. The molecule has 0 saturated carbocycles. The number of nitrogens with zero attached hydrogens (tertiary/aromatic N) is 1. The van der Waals surface area contributed by atoms with Crippen LogP contribution in [0.5, 0.6) is 0 Å². The Bertz CT molecular complexity index is 625. The average Bonchev–Trinajstić information content (AvgIpc) is 2.52. The van der Waals surface area contributed by atoms with Crippen LogP contribution >= 0.6 is 23.2 Å². The zero-order chi connectivity index (χ0) is 14.9. The van der Waals surface area contributed by atoms with Crippen LogP contribution in [0.4, 0.5) is 5.69 Å². The number of carbonyl (C=O) groups excluding carboxylic acids is 1. The summed E-state index contributed by atoms with van der Waals surface area (Å²) in [6.07, 6.45) is 0.524. The minimum Gasteiger partial charge on any atom is -0.398 e. The Morgan fingerprint density at radius 3 is 2.65 bits per heavy atom. The van der Waals surface area contributed by atoms with Crippen LogP contribution in [0, 0.1) is 0 Å². The summed E-state index contributed by atoms with van der Waals surface area (Å²) >= 11 is 11.7. The van der Waals surface area contributed by atoms with Gasteiger partial charge in [0.1, 0.15) is 4.90 Å². The van der Waals surface area contributed by atoms with Gasteiger partial charge in [0, 0.05) is 18.1 Å². The van der Waals surface area contributed by atoms with Gasteiger partial charge in [-0.15, -0.1) is 0 Å². The third-order valence-corrected chi connectivity index (χ3v) is 5.45. The molecule has 1 aromatic carbocycles. The van der Waals surface area contributed by atoms with Gasteiger partial charge in [0.25, 0.3) is 0 Å². The van der Waals surface area contributed by atoms with Crippen LogP contribution < -0.4 is 11.1 Å². The average molecular weight is 338 g/mol. The molecule has 1 aliphatic rings. The van der Waals surface area contributed by atoms with Crippen LogP contribution in [0.15, 0.2) is 17.0 Å². The molecule has 0 atom stereocenters. The summed E-state index contributed by atoms with van der Waals surface area (Å²) in [5.41, 5.74) is 5.68. The van der Waals surface area contributed by atoms with Crippen LogP contribution in [0.2, 0.25) is 10.0 Å². The number of rotatable bonds is 2. The molecule has 2 rings (SSSR count). The van der Waals surface area contributed by atoms with Crippen molar-refractivity contribution in [3.63, 3.8) is 0 Å². The van der Waals surface area contributed by atoms with Crippen LogP contribution in [0.25, 0.3) is 0 Å². The van der Waals surface area contributed by atoms with Crippen molar-refractivity contribution in [2.75, 3.05) is 25.4 Å². The lowest BCUT2D eigenvalue weighted by Gasteiger charge is -2.20. The Morgan fingerprint density at radius 2 is 2.00 bits per heavy atom. The van der Waals surface area contributed by atoms with Crippen LogP contribution in [0.1, 0.15) is 6.42 Å². The molecule has 0 spiro atoms. The summed E-state index contributed by atoms with van der Waals surface area (Å²) < 4.78 is 26.2. The van der Waals surface area contributed by atoms with Crippen molar-refractivity contribution in [3.05, 3.63) is 22.2 Å². The van der Waals surface area contributed by atoms with E-state index in [1.807, 2.05) is 0 Å². The first-order chi connectivity index (χ1) is 9.32. The van der Waals surface area contributed by atoms with Crippen LogP contribution in [0.3, 0.4) is 0 Å². The molecular weight excluding hydrogens is 325 g/mol. The van der Waals surface area contributed by atoms with E-state index in [1.165, 1.54) is 12.1 Å². The van der Waals surface area contributed by atoms with Gasteiger partial charge in [-0.1, -0.05) is 23.2 Å². The van der Waals surface area contributed by atoms with Gasteiger partial charge in [-0.25, -0.2) is 8.42 Å². The number of hydrogen-bond donors (Lipinski definition) is 2. The summed E-state index contributed by atoms with van der Waals surface area (Å²) in [5.74, 6) is -0.352. The van der Waals surface area contributed by atoms with Gasteiger partial charge in [0.15, 0.2) is 0 Å². The minimum absolute atomic E-state index is 0.0350. The fourth-order valence-corrected chi connectivity index (χ4v) is 4.34. The van der Waals surface area contributed by atoms with E-state index in [0.717, 1.165) is 4.31 Å². The van der Waals surface area contributed by atoms with Crippen molar-refractivity contribution in [3.8, 4) is 0 Å². The molecular formula is C11H13Cl2N3O3S. The second kappa shape index (κ2) is 5.77. The monoisotopic (exact) mass is 337 g/mol. The maximum atomic E-state index is 12.6. The maximum absolute atomic E-state index is 12.6. The largest absolute Gasteiger partial charge is 0.398 e. The standard InChI is InChI=1S/C11H13Cl2N3O3S/c12-7-4-8(13)11(9(14)5-7)20(18,19)16-3-1-2-15-10(17)6-16/h4-5H,1-3,6,14H2,(H,15,17). The number of nitrogens with two attached hydrogens (primary N) is 1. The highest BCUT2D eigenvalue weighted by Gasteiger charge is 2.31. The summed E-state index contributed by atoms with van der Waals surface area (Å²) in [4.78, 5) is 11.3. The SMILES string of the molecule is Nc1cc(Cl)cc(Cl)c1S(=O)(=O)N1CCCNC(=O)C1. The molecule has 9 heteroatoms. The molecule has 0 aromatic heterocycles. The zero-order valence-corrected chi connectivity index (χ0v) is 12.7. The van der Waals surface area contributed by atoms with Gasteiger partial charge in [-0.05, 0) is 18.6 Å². The van der Waals surface area contributed by atoms with Crippen LogP contribution in [-0.4, -0.2) is 38.3 Å². The van der Waals surface area contributed by atoms with Crippen molar-refractivity contribution >= 4 is 44.8 Å². The van der Waals surface area contributed by atoms with Crippen molar-refractivity contribution < 1.29 is 13.2 Å². The second-order valence-electron chi connectivity index (χ2n) is 4.35.